The molecule has 1 aromatic carbocycles. The molecule has 4 rings (SSSR count). The van der Waals surface area contributed by atoms with E-state index >= 15 is 0 Å². The number of piperazine rings is 1. The standard InChI is InChI=1S/C22H26N4O3/c1-3-14-12-18(22(28)29)21(27)24-20(14)15-4-5-19-16(10-15)11-17(25(19)2)13-26-8-6-23-7-9-26/h4-5,10-12,23H,3,6-9,13H2,1-2H3,(H,24,27)(H,28,29). The number of nitrogens with zero attached hydrogens (tertiary/aromatic N) is 2. The fourth-order valence-electron chi connectivity index (χ4n) is 4.08. The molecule has 3 heterocycles. The van der Waals surface area contributed by atoms with Crippen LogP contribution >= 0.6 is 0 Å². The predicted octanol–water partition coefficient (Wildman–Crippen LogP) is 2.20. The van der Waals surface area contributed by atoms with Crippen LogP contribution in [0.1, 0.15) is 28.5 Å². The molecule has 0 amide bonds. The SMILES string of the molecule is CCc1cc(C(=O)O)c(=O)[nH]c1-c1ccc2c(c1)cc(CN1CCNCC1)n2C. The number of carboxylic acid groups (broad SMARTS) is 1. The molecular formula is C22H26N4O3. The quantitative estimate of drug-likeness (QED) is 0.617. The van der Waals surface area contributed by atoms with E-state index in [2.05, 4.69) is 45.0 Å². The number of aryl methyl sites for hydroxylation is 2. The number of aromatic carboxylic acids is 1. The van der Waals surface area contributed by atoms with E-state index in [0.29, 0.717) is 12.1 Å². The van der Waals surface area contributed by atoms with Crippen LogP contribution < -0.4 is 10.9 Å². The highest BCUT2D eigenvalue weighted by atomic mass is 16.4. The summed E-state index contributed by atoms with van der Waals surface area (Å²) in [6.45, 7) is 7.00. The van der Waals surface area contributed by atoms with Crippen molar-refractivity contribution in [3.63, 3.8) is 0 Å². The number of fused-ring (bicyclic) bond motifs is 1. The highest BCUT2D eigenvalue weighted by molar-refractivity contribution is 5.89. The number of hydrogen-bond acceptors (Lipinski definition) is 4. The molecule has 1 aliphatic heterocycles. The van der Waals surface area contributed by atoms with Gasteiger partial charge in [0.15, 0.2) is 0 Å². The van der Waals surface area contributed by atoms with Gasteiger partial charge >= 0.3 is 5.97 Å². The second kappa shape index (κ2) is 7.85. The Hall–Kier alpha value is -2.90. The number of hydrogen-bond donors (Lipinski definition) is 3. The van der Waals surface area contributed by atoms with Crippen molar-refractivity contribution < 1.29 is 9.90 Å². The van der Waals surface area contributed by atoms with Crippen molar-refractivity contribution in [3.8, 4) is 11.3 Å². The summed E-state index contributed by atoms with van der Waals surface area (Å²) in [6, 6.07) is 9.82. The fourth-order valence-corrected chi connectivity index (χ4v) is 4.08. The minimum atomic E-state index is -1.21. The molecule has 7 nitrogen and oxygen atoms in total. The Labute approximate surface area is 169 Å². The lowest BCUT2D eigenvalue weighted by Crippen LogP contribution is -2.43. The number of rotatable bonds is 5. The molecule has 0 aliphatic carbocycles. The van der Waals surface area contributed by atoms with E-state index in [1.165, 1.54) is 11.8 Å². The van der Waals surface area contributed by atoms with Gasteiger partial charge in [-0.1, -0.05) is 13.0 Å². The van der Waals surface area contributed by atoms with Crippen LogP contribution in [0.15, 0.2) is 35.1 Å². The van der Waals surface area contributed by atoms with Crippen molar-refractivity contribution in [2.45, 2.75) is 19.9 Å². The zero-order chi connectivity index (χ0) is 20.5. The van der Waals surface area contributed by atoms with Crippen LogP contribution in [0.5, 0.6) is 0 Å². The molecule has 7 heteroatoms. The maximum atomic E-state index is 12.2. The molecule has 2 aromatic heterocycles. The Morgan fingerprint density at radius 1 is 1.17 bits per heavy atom. The van der Waals surface area contributed by atoms with Crippen LogP contribution in [-0.2, 0) is 20.0 Å². The molecule has 3 aromatic rings. The van der Waals surface area contributed by atoms with Gasteiger partial charge in [0.25, 0.3) is 5.56 Å². The molecule has 0 bridgehead atoms. The highest BCUT2D eigenvalue weighted by Crippen LogP contribution is 2.28. The second-order valence-corrected chi connectivity index (χ2v) is 7.57. The van der Waals surface area contributed by atoms with Crippen LogP contribution in [0, 0.1) is 0 Å². The number of pyridine rings is 1. The normalized spacial score (nSPS) is 15.1. The number of carboxylic acids is 1. The van der Waals surface area contributed by atoms with Gasteiger partial charge in [-0.05, 0) is 41.8 Å². The summed E-state index contributed by atoms with van der Waals surface area (Å²) < 4.78 is 2.22. The molecule has 0 unspecified atom stereocenters. The first-order chi connectivity index (χ1) is 14.0. The average Bonchev–Trinajstić information content (AvgIpc) is 3.03. The molecule has 0 atom stereocenters. The van der Waals surface area contributed by atoms with E-state index in [0.717, 1.165) is 54.8 Å². The molecule has 0 spiro atoms. The first-order valence-corrected chi connectivity index (χ1v) is 9.99. The van der Waals surface area contributed by atoms with Gasteiger partial charge < -0.3 is 20.0 Å². The number of carbonyl (C=O) groups is 1. The Bertz CT molecular complexity index is 1120. The molecule has 29 heavy (non-hydrogen) atoms. The van der Waals surface area contributed by atoms with E-state index in [1.54, 1.807) is 0 Å². The molecule has 1 saturated heterocycles. The van der Waals surface area contributed by atoms with E-state index < -0.39 is 11.5 Å². The summed E-state index contributed by atoms with van der Waals surface area (Å²) >= 11 is 0. The number of benzene rings is 1. The van der Waals surface area contributed by atoms with E-state index in [1.807, 2.05) is 13.0 Å². The van der Waals surface area contributed by atoms with Crippen molar-refractivity contribution in [1.82, 2.24) is 19.8 Å². The summed E-state index contributed by atoms with van der Waals surface area (Å²) in [7, 11) is 2.08. The number of aromatic nitrogens is 2. The van der Waals surface area contributed by atoms with E-state index in [9.17, 15) is 14.7 Å². The molecule has 1 fully saturated rings. The van der Waals surface area contributed by atoms with Gasteiger partial charge in [-0.15, -0.1) is 0 Å². The first-order valence-electron chi connectivity index (χ1n) is 9.99. The second-order valence-electron chi connectivity index (χ2n) is 7.57. The van der Waals surface area contributed by atoms with Crippen molar-refractivity contribution in [3.05, 3.63) is 57.5 Å². The number of H-pyrrole nitrogens is 1. The van der Waals surface area contributed by atoms with Gasteiger partial charge in [-0.3, -0.25) is 9.69 Å². The Morgan fingerprint density at radius 2 is 1.93 bits per heavy atom. The average molecular weight is 394 g/mol. The molecule has 0 saturated carbocycles. The van der Waals surface area contributed by atoms with E-state index in [4.69, 9.17) is 0 Å². The number of nitrogens with one attached hydrogen (secondary N) is 2. The maximum absolute atomic E-state index is 12.2. The summed E-state index contributed by atoms with van der Waals surface area (Å²) in [5.41, 5.74) is 4.01. The van der Waals surface area contributed by atoms with Crippen LogP contribution in [0.4, 0.5) is 0 Å². The van der Waals surface area contributed by atoms with Crippen LogP contribution in [-0.4, -0.2) is 51.7 Å². The zero-order valence-corrected chi connectivity index (χ0v) is 16.8. The highest BCUT2D eigenvalue weighted by Gasteiger charge is 2.16. The minimum absolute atomic E-state index is 0.218. The first kappa shape index (κ1) is 19.4. The van der Waals surface area contributed by atoms with Gasteiger partial charge in [0.1, 0.15) is 5.56 Å². The van der Waals surface area contributed by atoms with Crippen LogP contribution in [0.3, 0.4) is 0 Å². The minimum Gasteiger partial charge on any atom is -0.477 e. The summed E-state index contributed by atoms with van der Waals surface area (Å²) in [5, 5.41) is 13.7. The smallest absolute Gasteiger partial charge is 0.341 e. The van der Waals surface area contributed by atoms with Gasteiger partial charge in [0, 0.05) is 56.4 Å². The molecule has 0 radical (unpaired) electrons. The van der Waals surface area contributed by atoms with Crippen LogP contribution in [0.25, 0.3) is 22.2 Å². The van der Waals surface area contributed by atoms with Crippen molar-refractivity contribution in [1.29, 1.82) is 0 Å². The van der Waals surface area contributed by atoms with Crippen molar-refractivity contribution in [2.24, 2.45) is 7.05 Å². The fraction of sp³-hybridized carbons (Fsp3) is 0.364. The molecular weight excluding hydrogens is 368 g/mol. The van der Waals surface area contributed by atoms with Gasteiger partial charge in [0.05, 0.1) is 5.69 Å². The van der Waals surface area contributed by atoms with Crippen LogP contribution in [0.2, 0.25) is 0 Å². The predicted molar refractivity (Wildman–Crippen MR) is 113 cm³/mol. The topological polar surface area (TPSA) is 90.4 Å². The van der Waals surface area contributed by atoms with Crippen molar-refractivity contribution in [2.75, 3.05) is 26.2 Å². The van der Waals surface area contributed by atoms with Gasteiger partial charge in [0.2, 0.25) is 0 Å². The van der Waals surface area contributed by atoms with Gasteiger partial charge in [-0.2, -0.15) is 0 Å². The summed E-state index contributed by atoms with van der Waals surface area (Å²) in [6.07, 6.45) is 0.632. The molecule has 3 N–H and O–H groups in total. The summed E-state index contributed by atoms with van der Waals surface area (Å²) in [5.74, 6) is -1.21. The third-order valence-corrected chi connectivity index (χ3v) is 5.76. The number of aromatic amines is 1. The monoisotopic (exact) mass is 394 g/mol. The lowest BCUT2D eigenvalue weighted by molar-refractivity contribution is 0.0695. The lowest BCUT2D eigenvalue weighted by atomic mass is 10.0. The summed E-state index contributed by atoms with van der Waals surface area (Å²) in [4.78, 5) is 28.7. The molecule has 1 aliphatic rings. The molecule has 152 valence electrons. The third kappa shape index (κ3) is 3.71. The van der Waals surface area contributed by atoms with E-state index in [-0.39, 0.29) is 5.56 Å². The lowest BCUT2D eigenvalue weighted by Gasteiger charge is -2.27. The largest absolute Gasteiger partial charge is 0.477 e. The Balaban J connectivity index is 1.73. The van der Waals surface area contributed by atoms with Gasteiger partial charge in [-0.25, -0.2) is 4.79 Å². The maximum Gasteiger partial charge on any atom is 0.341 e. The third-order valence-electron chi connectivity index (χ3n) is 5.76. The van der Waals surface area contributed by atoms with Crippen molar-refractivity contribution >= 4 is 16.9 Å². The zero-order valence-electron chi connectivity index (χ0n) is 16.8. The Kier molecular flexibility index (Phi) is 5.25. The Morgan fingerprint density at radius 3 is 2.62 bits per heavy atom.